The lowest BCUT2D eigenvalue weighted by molar-refractivity contribution is 0.213. The Kier molecular flexibility index (Phi) is 11.8. The van der Waals surface area contributed by atoms with Crippen molar-refractivity contribution in [1.29, 1.82) is 0 Å². The molecule has 0 atom stereocenters. The Morgan fingerprint density at radius 1 is 1.06 bits per heavy atom. The van der Waals surface area contributed by atoms with E-state index in [1.807, 2.05) is 30.3 Å². The SMILES string of the molecule is C=CCOCCl.C=CCc1ccccc1OCCl. The van der Waals surface area contributed by atoms with Gasteiger partial charge in [-0.15, -0.1) is 13.2 Å². The molecule has 0 radical (unpaired) electrons. The Hall–Kier alpha value is -0.960. The lowest BCUT2D eigenvalue weighted by atomic mass is 10.1. The van der Waals surface area contributed by atoms with Crippen molar-refractivity contribution in [2.75, 3.05) is 18.7 Å². The van der Waals surface area contributed by atoms with E-state index in [0.29, 0.717) is 6.61 Å². The summed E-state index contributed by atoms with van der Waals surface area (Å²) in [7, 11) is 0. The van der Waals surface area contributed by atoms with Gasteiger partial charge < -0.3 is 9.47 Å². The maximum Gasteiger partial charge on any atom is 0.162 e. The molecule has 18 heavy (non-hydrogen) atoms. The van der Waals surface area contributed by atoms with Crippen LogP contribution >= 0.6 is 23.2 Å². The van der Waals surface area contributed by atoms with E-state index in [-0.39, 0.29) is 12.1 Å². The summed E-state index contributed by atoms with van der Waals surface area (Å²) in [5.41, 5.74) is 1.12. The van der Waals surface area contributed by atoms with Crippen LogP contribution in [-0.4, -0.2) is 18.7 Å². The van der Waals surface area contributed by atoms with Gasteiger partial charge >= 0.3 is 0 Å². The van der Waals surface area contributed by atoms with Crippen LogP contribution in [0.1, 0.15) is 5.56 Å². The normalized spacial score (nSPS) is 9.00. The van der Waals surface area contributed by atoms with Crippen LogP contribution in [0, 0.1) is 0 Å². The molecule has 0 aliphatic carbocycles. The number of halogens is 2. The lowest BCUT2D eigenvalue weighted by Crippen LogP contribution is -1.93. The van der Waals surface area contributed by atoms with Gasteiger partial charge in [0.15, 0.2) is 6.07 Å². The predicted octanol–water partition coefficient (Wildman–Crippen LogP) is 4.38. The molecule has 1 aromatic rings. The van der Waals surface area contributed by atoms with E-state index >= 15 is 0 Å². The minimum atomic E-state index is 0.189. The van der Waals surface area contributed by atoms with Gasteiger partial charge in [0.1, 0.15) is 11.8 Å². The second-order valence-electron chi connectivity index (χ2n) is 3.12. The van der Waals surface area contributed by atoms with Gasteiger partial charge in [-0.3, -0.25) is 0 Å². The Morgan fingerprint density at radius 3 is 2.28 bits per heavy atom. The van der Waals surface area contributed by atoms with Crippen LogP contribution in [0.3, 0.4) is 0 Å². The smallest absolute Gasteiger partial charge is 0.162 e. The Morgan fingerprint density at radius 2 is 1.78 bits per heavy atom. The van der Waals surface area contributed by atoms with Crippen molar-refractivity contribution in [2.24, 2.45) is 0 Å². The summed E-state index contributed by atoms with van der Waals surface area (Å²) in [6.07, 6.45) is 4.31. The minimum absolute atomic E-state index is 0.189. The fourth-order valence-corrected chi connectivity index (χ4v) is 1.36. The fraction of sp³-hybridized carbons (Fsp3) is 0.286. The van der Waals surface area contributed by atoms with Crippen LogP contribution in [0.15, 0.2) is 49.6 Å². The van der Waals surface area contributed by atoms with Crippen LogP contribution in [0.2, 0.25) is 0 Å². The van der Waals surface area contributed by atoms with E-state index in [1.54, 1.807) is 6.08 Å². The van der Waals surface area contributed by atoms with Gasteiger partial charge in [-0.2, -0.15) is 0 Å². The summed E-state index contributed by atoms with van der Waals surface area (Å²) in [4.78, 5) is 0. The molecule has 0 unspecified atom stereocenters. The van der Waals surface area contributed by atoms with Crippen molar-refractivity contribution >= 4 is 23.2 Å². The van der Waals surface area contributed by atoms with E-state index in [1.165, 1.54) is 0 Å². The molecule has 0 saturated carbocycles. The van der Waals surface area contributed by atoms with Crippen LogP contribution in [0.25, 0.3) is 0 Å². The van der Waals surface area contributed by atoms with E-state index in [9.17, 15) is 0 Å². The average Bonchev–Trinajstić information content (AvgIpc) is 2.40. The molecule has 0 heterocycles. The van der Waals surface area contributed by atoms with Gasteiger partial charge in [0, 0.05) is 0 Å². The zero-order valence-corrected chi connectivity index (χ0v) is 11.8. The molecule has 100 valence electrons. The number of ether oxygens (including phenoxy) is 2. The van der Waals surface area contributed by atoms with Crippen molar-refractivity contribution < 1.29 is 9.47 Å². The summed E-state index contributed by atoms with van der Waals surface area (Å²) >= 11 is 10.6. The third-order valence-electron chi connectivity index (χ3n) is 1.86. The summed E-state index contributed by atoms with van der Waals surface area (Å²) in [5, 5.41) is 0. The number of allylic oxidation sites excluding steroid dienone is 1. The number of rotatable bonds is 7. The average molecular weight is 289 g/mol. The first kappa shape index (κ1) is 17.0. The van der Waals surface area contributed by atoms with Gasteiger partial charge in [-0.1, -0.05) is 53.6 Å². The number of para-hydroxylation sites is 1. The molecule has 0 aliphatic heterocycles. The third-order valence-corrected chi connectivity index (χ3v) is 2.12. The number of benzene rings is 1. The van der Waals surface area contributed by atoms with Crippen molar-refractivity contribution in [3.8, 4) is 5.75 Å². The highest BCUT2D eigenvalue weighted by Crippen LogP contribution is 2.18. The first-order chi connectivity index (χ1) is 8.79. The topological polar surface area (TPSA) is 18.5 Å². The molecular formula is C14H18Cl2O2. The van der Waals surface area contributed by atoms with Gasteiger partial charge in [0.2, 0.25) is 0 Å². The van der Waals surface area contributed by atoms with Crippen molar-refractivity contribution in [2.45, 2.75) is 6.42 Å². The van der Waals surface area contributed by atoms with Crippen LogP contribution in [0.5, 0.6) is 5.75 Å². The van der Waals surface area contributed by atoms with Crippen LogP contribution in [-0.2, 0) is 11.2 Å². The van der Waals surface area contributed by atoms with Crippen LogP contribution < -0.4 is 4.74 Å². The molecule has 2 nitrogen and oxygen atoms in total. The monoisotopic (exact) mass is 288 g/mol. The van der Waals surface area contributed by atoms with E-state index in [4.69, 9.17) is 27.9 Å². The quantitative estimate of drug-likeness (QED) is 0.421. The molecule has 0 aromatic heterocycles. The zero-order valence-electron chi connectivity index (χ0n) is 10.3. The second-order valence-corrected chi connectivity index (χ2v) is 3.56. The first-order valence-corrected chi connectivity index (χ1v) is 6.49. The molecule has 0 fully saturated rings. The summed E-state index contributed by atoms with van der Waals surface area (Å²) in [6.45, 7) is 7.63. The molecule has 0 spiro atoms. The molecule has 0 aliphatic rings. The Bertz CT molecular complexity index is 340. The number of alkyl halides is 2. The summed E-state index contributed by atoms with van der Waals surface area (Å²) < 4.78 is 9.84. The number of hydrogen-bond acceptors (Lipinski definition) is 2. The van der Waals surface area contributed by atoms with Crippen LogP contribution in [0.4, 0.5) is 0 Å². The molecule has 0 saturated heterocycles. The summed E-state index contributed by atoms with van der Waals surface area (Å²) in [6, 6.07) is 8.25. The first-order valence-electron chi connectivity index (χ1n) is 5.42. The molecule has 4 heteroatoms. The van der Waals surface area contributed by atoms with Crippen molar-refractivity contribution in [3.05, 3.63) is 55.1 Å². The third kappa shape index (κ3) is 8.18. The summed E-state index contributed by atoms with van der Waals surface area (Å²) in [5.74, 6) is 0.840. The van der Waals surface area contributed by atoms with E-state index in [0.717, 1.165) is 17.7 Å². The Labute approximate surface area is 119 Å². The standard InChI is InChI=1S/C10H11ClO.C4H7ClO/c1-2-5-9-6-3-4-7-10(9)12-8-11;1-2-3-6-4-5/h2-4,6-7H,1,5,8H2;2H,1,3-4H2. The molecule has 0 N–H and O–H groups in total. The predicted molar refractivity (Wildman–Crippen MR) is 78.6 cm³/mol. The molecule has 0 bridgehead atoms. The minimum Gasteiger partial charge on any atom is -0.478 e. The highest BCUT2D eigenvalue weighted by molar-refractivity contribution is 6.17. The zero-order chi connectivity index (χ0) is 13.6. The van der Waals surface area contributed by atoms with Gasteiger partial charge in [-0.05, 0) is 18.1 Å². The molecule has 0 amide bonds. The Balaban J connectivity index is 0.000000411. The maximum absolute atomic E-state index is 5.46. The largest absolute Gasteiger partial charge is 0.478 e. The highest BCUT2D eigenvalue weighted by Gasteiger charge is 1.98. The number of hydrogen-bond donors (Lipinski definition) is 0. The van der Waals surface area contributed by atoms with E-state index < -0.39 is 0 Å². The fourth-order valence-electron chi connectivity index (χ4n) is 1.16. The maximum atomic E-state index is 5.46. The molecular weight excluding hydrogens is 271 g/mol. The van der Waals surface area contributed by atoms with Gasteiger partial charge in [0.05, 0.1) is 6.61 Å². The molecule has 1 aromatic carbocycles. The van der Waals surface area contributed by atoms with E-state index in [2.05, 4.69) is 17.9 Å². The highest BCUT2D eigenvalue weighted by atomic mass is 35.5. The van der Waals surface area contributed by atoms with Gasteiger partial charge in [-0.25, -0.2) is 0 Å². The van der Waals surface area contributed by atoms with Crippen molar-refractivity contribution in [1.82, 2.24) is 0 Å². The lowest BCUT2D eigenvalue weighted by Gasteiger charge is -2.06. The molecule has 1 rings (SSSR count). The van der Waals surface area contributed by atoms with Gasteiger partial charge in [0.25, 0.3) is 0 Å². The van der Waals surface area contributed by atoms with Crippen molar-refractivity contribution in [3.63, 3.8) is 0 Å². The second kappa shape index (κ2) is 12.5.